The lowest BCUT2D eigenvalue weighted by Crippen LogP contribution is -2.12. The van der Waals surface area contributed by atoms with Gasteiger partial charge < -0.3 is 14.8 Å². The molecule has 1 amide bonds. The zero-order chi connectivity index (χ0) is 17.6. The molecular formula is C18H14FN3O3. The summed E-state index contributed by atoms with van der Waals surface area (Å²) < 4.78 is 23.9. The minimum Gasteiger partial charge on any atom is -0.494 e. The molecule has 1 N–H and O–H groups in total. The third-order valence-corrected chi connectivity index (χ3v) is 3.25. The summed E-state index contributed by atoms with van der Waals surface area (Å²) in [6.45, 7) is 0. The predicted octanol–water partition coefficient (Wildman–Crippen LogP) is 3.67. The summed E-state index contributed by atoms with van der Waals surface area (Å²) in [5, 5.41) is 2.59. The van der Waals surface area contributed by atoms with E-state index in [2.05, 4.69) is 15.3 Å². The fourth-order valence-corrected chi connectivity index (χ4v) is 2.04. The maximum absolute atomic E-state index is 13.7. The largest absolute Gasteiger partial charge is 0.494 e. The van der Waals surface area contributed by atoms with Crippen LogP contribution in [0.2, 0.25) is 0 Å². The second-order valence-corrected chi connectivity index (χ2v) is 4.97. The third kappa shape index (κ3) is 4.08. The molecule has 0 aliphatic rings. The normalized spacial score (nSPS) is 10.2. The van der Waals surface area contributed by atoms with Gasteiger partial charge in [0.25, 0.3) is 5.91 Å². The number of ether oxygens (including phenoxy) is 2. The number of rotatable bonds is 5. The SMILES string of the molecule is COc1ccc(C(=O)Nc2cnc(Oc3ccccc3)nc2)cc1F. The first kappa shape index (κ1) is 16.4. The second kappa shape index (κ2) is 7.39. The number of halogens is 1. The molecule has 126 valence electrons. The van der Waals surface area contributed by atoms with Gasteiger partial charge in [-0.05, 0) is 30.3 Å². The van der Waals surface area contributed by atoms with E-state index in [1.807, 2.05) is 18.2 Å². The van der Waals surface area contributed by atoms with Crippen LogP contribution in [0.5, 0.6) is 17.5 Å². The van der Waals surface area contributed by atoms with Crippen LogP contribution in [-0.2, 0) is 0 Å². The fourth-order valence-electron chi connectivity index (χ4n) is 2.04. The van der Waals surface area contributed by atoms with E-state index >= 15 is 0 Å². The van der Waals surface area contributed by atoms with Crippen molar-refractivity contribution in [3.8, 4) is 17.5 Å². The van der Waals surface area contributed by atoms with Crippen molar-refractivity contribution in [2.24, 2.45) is 0 Å². The third-order valence-electron chi connectivity index (χ3n) is 3.25. The monoisotopic (exact) mass is 339 g/mol. The van der Waals surface area contributed by atoms with Crippen molar-refractivity contribution in [3.63, 3.8) is 0 Å². The van der Waals surface area contributed by atoms with Crippen LogP contribution in [0.1, 0.15) is 10.4 Å². The van der Waals surface area contributed by atoms with Crippen molar-refractivity contribution in [3.05, 3.63) is 72.3 Å². The van der Waals surface area contributed by atoms with Crippen LogP contribution in [0.3, 0.4) is 0 Å². The lowest BCUT2D eigenvalue weighted by atomic mass is 10.2. The van der Waals surface area contributed by atoms with Gasteiger partial charge in [-0.15, -0.1) is 0 Å². The van der Waals surface area contributed by atoms with Gasteiger partial charge in [-0.3, -0.25) is 4.79 Å². The van der Waals surface area contributed by atoms with Crippen LogP contribution < -0.4 is 14.8 Å². The van der Waals surface area contributed by atoms with Crippen molar-refractivity contribution in [1.29, 1.82) is 0 Å². The van der Waals surface area contributed by atoms with E-state index < -0.39 is 11.7 Å². The maximum Gasteiger partial charge on any atom is 0.322 e. The molecule has 0 unspecified atom stereocenters. The summed E-state index contributed by atoms with van der Waals surface area (Å²) in [6.07, 6.45) is 2.81. The van der Waals surface area contributed by atoms with Gasteiger partial charge in [-0.2, -0.15) is 0 Å². The number of nitrogens with one attached hydrogen (secondary N) is 1. The zero-order valence-electron chi connectivity index (χ0n) is 13.3. The minimum absolute atomic E-state index is 0.0716. The molecule has 7 heteroatoms. The molecule has 3 rings (SSSR count). The van der Waals surface area contributed by atoms with Gasteiger partial charge in [0.1, 0.15) is 5.75 Å². The summed E-state index contributed by atoms with van der Waals surface area (Å²) in [7, 11) is 1.36. The van der Waals surface area contributed by atoms with Crippen LogP contribution in [-0.4, -0.2) is 23.0 Å². The van der Waals surface area contributed by atoms with Crippen molar-refractivity contribution < 1.29 is 18.7 Å². The van der Waals surface area contributed by atoms with Crippen LogP contribution >= 0.6 is 0 Å². The topological polar surface area (TPSA) is 73.3 Å². The van der Waals surface area contributed by atoms with Crippen LogP contribution in [0.15, 0.2) is 60.9 Å². The molecule has 0 aliphatic carbocycles. The van der Waals surface area contributed by atoms with Crippen molar-refractivity contribution in [2.45, 2.75) is 0 Å². The van der Waals surface area contributed by atoms with Gasteiger partial charge >= 0.3 is 6.01 Å². The van der Waals surface area contributed by atoms with Crippen LogP contribution in [0.25, 0.3) is 0 Å². The van der Waals surface area contributed by atoms with E-state index in [9.17, 15) is 9.18 Å². The molecule has 0 saturated heterocycles. The molecule has 0 spiro atoms. The first-order chi connectivity index (χ1) is 12.2. The molecule has 0 bridgehead atoms. The average molecular weight is 339 g/mol. The number of hydrogen-bond donors (Lipinski definition) is 1. The van der Waals surface area contributed by atoms with Gasteiger partial charge in [0, 0.05) is 5.56 Å². The number of amides is 1. The lowest BCUT2D eigenvalue weighted by molar-refractivity contribution is 0.102. The Morgan fingerprint density at radius 2 is 1.80 bits per heavy atom. The molecule has 0 atom stereocenters. The Kier molecular flexibility index (Phi) is 4.84. The molecular weight excluding hydrogens is 325 g/mol. The molecule has 6 nitrogen and oxygen atoms in total. The summed E-state index contributed by atoms with van der Waals surface area (Å²) in [4.78, 5) is 20.2. The van der Waals surface area contributed by atoms with Gasteiger partial charge in [0.15, 0.2) is 11.6 Å². The number of para-hydroxylation sites is 1. The molecule has 2 aromatic carbocycles. The number of benzene rings is 2. The highest BCUT2D eigenvalue weighted by atomic mass is 19.1. The van der Waals surface area contributed by atoms with E-state index in [-0.39, 0.29) is 17.3 Å². The molecule has 25 heavy (non-hydrogen) atoms. The average Bonchev–Trinajstić information content (AvgIpc) is 2.64. The summed E-state index contributed by atoms with van der Waals surface area (Å²) >= 11 is 0. The van der Waals surface area contributed by atoms with Gasteiger partial charge in [0.05, 0.1) is 25.2 Å². The number of methoxy groups -OCH3 is 1. The van der Waals surface area contributed by atoms with Crippen LogP contribution in [0.4, 0.5) is 10.1 Å². The lowest BCUT2D eigenvalue weighted by Gasteiger charge is -2.07. The predicted molar refractivity (Wildman–Crippen MR) is 89.5 cm³/mol. The maximum atomic E-state index is 13.7. The number of carbonyl (C=O) groups excluding carboxylic acids is 1. The van der Waals surface area contributed by atoms with Gasteiger partial charge in [0.2, 0.25) is 0 Å². The Morgan fingerprint density at radius 1 is 1.08 bits per heavy atom. The Hall–Kier alpha value is -3.48. The highest BCUT2D eigenvalue weighted by molar-refractivity contribution is 6.04. The molecule has 1 heterocycles. The molecule has 0 radical (unpaired) electrons. The zero-order valence-corrected chi connectivity index (χ0v) is 13.3. The number of nitrogens with zero attached hydrogens (tertiary/aromatic N) is 2. The van der Waals surface area contributed by atoms with E-state index in [0.717, 1.165) is 6.07 Å². The molecule has 0 fully saturated rings. The quantitative estimate of drug-likeness (QED) is 0.768. The summed E-state index contributed by atoms with van der Waals surface area (Å²) in [6, 6.07) is 13.2. The van der Waals surface area contributed by atoms with Crippen molar-refractivity contribution in [2.75, 3.05) is 12.4 Å². The van der Waals surface area contributed by atoms with Crippen LogP contribution in [0, 0.1) is 5.82 Å². The Labute approximate surface area is 143 Å². The highest BCUT2D eigenvalue weighted by Crippen LogP contribution is 2.20. The van der Waals surface area contributed by atoms with Gasteiger partial charge in [-0.25, -0.2) is 14.4 Å². The smallest absolute Gasteiger partial charge is 0.322 e. The number of aromatic nitrogens is 2. The molecule has 0 saturated carbocycles. The van der Waals surface area contributed by atoms with E-state index in [1.165, 1.54) is 31.6 Å². The Bertz CT molecular complexity index is 870. The number of hydrogen-bond acceptors (Lipinski definition) is 5. The van der Waals surface area contributed by atoms with Gasteiger partial charge in [-0.1, -0.05) is 18.2 Å². The number of carbonyl (C=O) groups is 1. The first-order valence-electron chi connectivity index (χ1n) is 7.35. The first-order valence-corrected chi connectivity index (χ1v) is 7.35. The Balaban J connectivity index is 1.66. The molecule has 1 aromatic heterocycles. The highest BCUT2D eigenvalue weighted by Gasteiger charge is 2.11. The number of anilines is 1. The summed E-state index contributed by atoms with van der Waals surface area (Å²) in [5.41, 5.74) is 0.518. The molecule has 0 aliphatic heterocycles. The second-order valence-electron chi connectivity index (χ2n) is 4.97. The molecule has 3 aromatic rings. The minimum atomic E-state index is -0.613. The summed E-state index contributed by atoms with van der Waals surface area (Å²) in [5.74, 6) is -0.421. The van der Waals surface area contributed by atoms with E-state index in [4.69, 9.17) is 9.47 Å². The Morgan fingerprint density at radius 3 is 2.44 bits per heavy atom. The van der Waals surface area contributed by atoms with E-state index in [1.54, 1.807) is 12.1 Å². The van der Waals surface area contributed by atoms with Crippen molar-refractivity contribution in [1.82, 2.24) is 9.97 Å². The standard InChI is InChI=1S/C18H14FN3O3/c1-24-16-8-7-12(9-15(16)19)17(23)22-13-10-20-18(21-11-13)25-14-5-3-2-4-6-14/h2-11H,1H3,(H,22,23). The van der Waals surface area contributed by atoms with E-state index in [0.29, 0.717) is 11.4 Å². The fraction of sp³-hybridized carbons (Fsp3) is 0.0556. The van der Waals surface area contributed by atoms with Crippen molar-refractivity contribution >= 4 is 11.6 Å².